The standard InChI is InChI=1S/C17H23N7O3/c18-16-19-14(20-17(21-16)24-7-10-26-11-8-24)12-22-3-5-23(6-4-22)15(25)13-2-1-9-27-13/h1-2,9H,3-8,10-12H2,(H2,18,19,20,21). The highest BCUT2D eigenvalue weighted by Gasteiger charge is 2.24. The van der Waals surface area contributed by atoms with Crippen LogP contribution in [0.3, 0.4) is 0 Å². The lowest BCUT2D eigenvalue weighted by Crippen LogP contribution is -2.48. The first-order valence-corrected chi connectivity index (χ1v) is 9.07. The highest BCUT2D eigenvalue weighted by Crippen LogP contribution is 2.14. The molecule has 2 aliphatic rings. The minimum Gasteiger partial charge on any atom is -0.459 e. The minimum absolute atomic E-state index is 0.0707. The molecule has 2 aromatic heterocycles. The molecule has 10 nitrogen and oxygen atoms in total. The molecule has 1 amide bonds. The molecule has 2 N–H and O–H groups in total. The van der Waals surface area contributed by atoms with Crippen LogP contribution >= 0.6 is 0 Å². The van der Waals surface area contributed by atoms with Crippen molar-refractivity contribution in [3.05, 3.63) is 30.0 Å². The predicted molar refractivity (Wildman–Crippen MR) is 97.2 cm³/mol. The second-order valence-corrected chi connectivity index (χ2v) is 6.55. The second-order valence-electron chi connectivity index (χ2n) is 6.55. The third-order valence-corrected chi connectivity index (χ3v) is 4.74. The second kappa shape index (κ2) is 7.89. The summed E-state index contributed by atoms with van der Waals surface area (Å²) < 4.78 is 10.6. The summed E-state index contributed by atoms with van der Waals surface area (Å²) in [6.45, 7) is 6.14. The monoisotopic (exact) mass is 373 g/mol. The number of carbonyl (C=O) groups excluding carboxylic acids is 1. The van der Waals surface area contributed by atoms with E-state index in [1.807, 2.05) is 0 Å². The van der Waals surface area contributed by atoms with Crippen LogP contribution in [-0.2, 0) is 11.3 Å². The zero-order valence-corrected chi connectivity index (χ0v) is 15.1. The smallest absolute Gasteiger partial charge is 0.289 e. The van der Waals surface area contributed by atoms with Crippen molar-refractivity contribution in [2.75, 3.05) is 63.1 Å². The highest BCUT2D eigenvalue weighted by atomic mass is 16.5. The van der Waals surface area contributed by atoms with Gasteiger partial charge < -0.3 is 24.7 Å². The van der Waals surface area contributed by atoms with Gasteiger partial charge in [0.05, 0.1) is 26.0 Å². The number of hydrogen-bond acceptors (Lipinski definition) is 9. The molecule has 144 valence electrons. The largest absolute Gasteiger partial charge is 0.459 e. The Morgan fingerprint density at radius 3 is 2.56 bits per heavy atom. The number of anilines is 2. The van der Waals surface area contributed by atoms with E-state index in [-0.39, 0.29) is 11.9 Å². The van der Waals surface area contributed by atoms with E-state index in [1.54, 1.807) is 17.0 Å². The summed E-state index contributed by atoms with van der Waals surface area (Å²) in [4.78, 5) is 31.5. The molecule has 0 bridgehead atoms. The number of furan rings is 1. The Bertz CT molecular complexity index is 769. The quantitative estimate of drug-likeness (QED) is 0.781. The van der Waals surface area contributed by atoms with Gasteiger partial charge in [-0.3, -0.25) is 9.69 Å². The lowest BCUT2D eigenvalue weighted by atomic mass is 10.3. The molecule has 0 aromatic carbocycles. The first-order chi connectivity index (χ1) is 13.2. The van der Waals surface area contributed by atoms with Gasteiger partial charge >= 0.3 is 0 Å². The Labute approximate surface area is 156 Å². The maximum atomic E-state index is 12.3. The van der Waals surface area contributed by atoms with Crippen molar-refractivity contribution < 1.29 is 13.9 Å². The van der Waals surface area contributed by atoms with Crippen molar-refractivity contribution in [3.63, 3.8) is 0 Å². The number of carbonyl (C=O) groups is 1. The van der Waals surface area contributed by atoms with Crippen molar-refractivity contribution >= 4 is 17.8 Å². The van der Waals surface area contributed by atoms with Crippen LogP contribution in [0, 0.1) is 0 Å². The molecule has 4 heterocycles. The maximum Gasteiger partial charge on any atom is 0.289 e. The summed E-state index contributed by atoms with van der Waals surface area (Å²) in [7, 11) is 0. The molecule has 2 aromatic rings. The fourth-order valence-electron chi connectivity index (χ4n) is 3.27. The molecule has 2 saturated heterocycles. The number of aromatic nitrogens is 3. The van der Waals surface area contributed by atoms with Crippen LogP contribution in [-0.4, -0.2) is 83.1 Å². The number of ether oxygens (including phenoxy) is 1. The molecule has 4 rings (SSSR count). The average molecular weight is 373 g/mol. The molecule has 0 aliphatic carbocycles. The molecule has 0 radical (unpaired) electrons. The van der Waals surface area contributed by atoms with Crippen LogP contribution < -0.4 is 10.6 Å². The van der Waals surface area contributed by atoms with Crippen molar-refractivity contribution in [3.8, 4) is 0 Å². The number of morpholine rings is 1. The normalized spacial score (nSPS) is 18.7. The molecule has 2 aliphatic heterocycles. The van der Waals surface area contributed by atoms with Gasteiger partial charge in [0.25, 0.3) is 5.91 Å². The fourth-order valence-corrected chi connectivity index (χ4v) is 3.27. The minimum atomic E-state index is -0.0707. The third kappa shape index (κ3) is 4.17. The summed E-state index contributed by atoms with van der Waals surface area (Å²) in [6, 6.07) is 3.41. The topological polar surface area (TPSA) is 114 Å². The molecule has 2 fully saturated rings. The van der Waals surface area contributed by atoms with Gasteiger partial charge in [-0.2, -0.15) is 15.0 Å². The summed E-state index contributed by atoms with van der Waals surface area (Å²) in [5.41, 5.74) is 5.89. The molecule has 0 unspecified atom stereocenters. The maximum absolute atomic E-state index is 12.3. The molecule has 10 heteroatoms. The number of nitrogens with two attached hydrogens (primary N) is 1. The predicted octanol–water partition coefficient (Wildman–Crippen LogP) is -0.159. The first-order valence-electron chi connectivity index (χ1n) is 9.07. The zero-order valence-electron chi connectivity index (χ0n) is 15.1. The number of piperazine rings is 1. The van der Waals surface area contributed by atoms with Gasteiger partial charge in [0.2, 0.25) is 11.9 Å². The van der Waals surface area contributed by atoms with Crippen LogP contribution in [0.2, 0.25) is 0 Å². The van der Waals surface area contributed by atoms with Crippen LogP contribution in [0.15, 0.2) is 22.8 Å². The van der Waals surface area contributed by atoms with E-state index in [4.69, 9.17) is 14.9 Å². The zero-order chi connectivity index (χ0) is 18.6. The van der Waals surface area contributed by atoms with E-state index in [0.717, 1.165) is 26.2 Å². The Hall–Kier alpha value is -2.72. The lowest BCUT2D eigenvalue weighted by Gasteiger charge is -2.34. The third-order valence-electron chi connectivity index (χ3n) is 4.74. The van der Waals surface area contributed by atoms with Crippen molar-refractivity contribution in [1.82, 2.24) is 24.8 Å². The molecular weight excluding hydrogens is 350 g/mol. The van der Waals surface area contributed by atoms with Crippen LogP contribution in [0.25, 0.3) is 0 Å². The van der Waals surface area contributed by atoms with E-state index >= 15 is 0 Å². The van der Waals surface area contributed by atoms with Crippen molar-refractivity contribution in [1.29, 1.82) is 0 Å². The van der Waals surface area contributed by atoms with E-state index in [0.29, 0.717) is 50.4 Å². The molecule has 0 atom stereocenters. The van der Waals surface area contributed by atoms with Gasteiger partial charge in [0.15, 0.2) is 5.76 Å². The summed E-state index contributed by atoms with van der Waals surface area (Å²) >= 11 is 0. The summed E-state index contributed by atoms with van der Waals surface area (Å²) in [5.74, 6) is 1.79. The number of nitrogen functional groups attached to an aromatic ring is 1. The average Bonchev–Trinajstić information content (AvgIpc) is 3.23. The lowest BCUT2D eigenvalue weighted by molar-refractivity contribution is 0.0595. The van der Waals surface area contributed by atoms with Crippen LogP contribution in [0.1, 0.15) is 16.4 Å². The van der Waals surface area contributed by atoms with E-state index < -0.39 is 0 Å². The summed E-state index contributed by atoms with van der Waals surface area (Å²) in [5, 5.41) is 0. The van der Waals surface area contributed by atoms with Gasteiger partial charge in [-0.05, 0) is 12.1 Å². The number of nitrogens with zero attached hydrogens (tertiary/aromatic N) is 6. The van der Waals surface area contributed by atoms with Crippen LogP contribution in [0.5, 0.6) is 0 Å². The Kier molecular flexibility index (Phi) is 5.16. The van der Waals surface area contributed by atoms with Crippen molar-refractivity contribution in [2.45, 2.75) is 6.54 Å². The van der Waals surface area contributed by atoms with Gasteiger partial charge in [-0.1, -0.05) is 0 Å². The van der Waals surface area contributed by atoms with Gasteiger partial charge in [0, 0.05) is 39.3 Å². The molecule has 0 spiro atoms. The Morgan fingerprint density at radius 2 is 1.85 bits per heavy atom. The SMILES string of the molecule is Nc1nc(CN2CCN(C(=O)c3ccco3)CC2)nc(N2CCOCC2)n1. The molecular formula is C17H23N7O3. The van der Waals surface area contributed by atoms with E-state index in [1.165, 1.54) is 6.26 Å². The Morgan fingerprint density at radius 1 is 1.07 bits per heavy atom. The van der Waals surface area contributed by atoms with Crippen molar-refractivity contribution in [2.24, 2.45) is 0 Å². The number of amides is 1. The van der Waals surface area contributed by atoms with E-state index in [9.17, 15) is 4.79 Å². The van der Waals surface area contributed by atoms with Gasteiger partial charge in [-0.25, -0.2) is 0 Å². The van der Waals surface area contributed by atoms with E-state index in [2.05, 4.69) is 24.8 Å². The van der Waals surface area contributed by atoms with Gasteiger partial charge in [-0.15, -0.1) is 0 Å². The first kappa shape index (κ1) is 17.7. The number of hydrogen-bond donors (Lipinski definition) is 1. The molecule has 0 saturated carbocycles. The molecule has 27 heavy (non-hydrogen) atoms. The Balaban J connectivity index is 1.36. The van der Waals surface area contributed by atoms with Crippen LogP contribution in [0.4, 0.5) is 11.9 Å². The number of rotatable bonds is 4. The summed E-state index contributed by atoms with van der Waals surface area (Å²) in [6.07, 6.45) is 1.51. The van der Waals surface area contributed by atoms with Gasteiger partial charge in [0.1, 0.15) is 5.82 Å². The highest BCUT2D eigenvalue weighted by molar-refractivity contribution is 5.91. The fraction of sp³-hybridized carbons (Fsp3) is 0.529.